The molecule has 0 bridgehead atoms. The van der Waals surface area contributed by atoms with Crippen LogP contribution in [0, 0.1) is 5.92 Å². The first kappa shape index (κ1) is 16.2. The second-order valence-corrected chi connectivity index (χ2v) is 9.63. The van der Waals surface area contributed by atoms with Gasteiger partial charge in [-0.3, -0.25) is 0 Å². The van der Waals surface area contributed by atoms with E-state index in [4.69, 9.17) is 0 Å². The zero-order valence-corrected chi connectivity index (χ0v) is 14.8. The fourth-order valence-corrected chi connectivity index (χ4v) is 4.55. The Morgan fingerprint density at radius 1 is 1.22 bits per heavy atom. The molecule has 1 saturated heterocycles. The molecule has 8 heteroatoms. The Morgan fingerprint density at radius 2 is 1.96 bits per heavy atom. The van der Waals surface area contributed by atoms with Crippen LogP contribution in [-0.4, -0.2) is 52.8 Å². The standard InChI is InChI=1S/C15H23N5O2S/c1-11-9-19(7-8-23(21,22)10-11)13-6-5-12-16-17-14(15(2,3)4)20(12)18-13/h5-6,11H,7-10H2,1-4H3. The van der Waals surface area contributed by atoms with E-state index >= 15 is 0 Å². The van der Waals surface area contributed by atoms with Gasteiger partial charge < -0.3 is 4.90 Å². The Balaban J connectivity index is 2.00. The Labute approximate surface area is 136 Å². The maximum absolute atomic E-state index is 11.9. The van der Waals surface area contributed by atoms with Gasteiger partial charge >= 0.3 is 0 Å². The van der Waals surface area contributed by atoms with Gasteiger partial charge in [-0.1, -0.05) is 27.7 Å². The summed E-state index contributed by atoms with van der Waals surface area (Å²) < 4.78 is 25.6. The maximum atomic E-state index is 11.9. The van der Waals surface area contributed by atoms with Crippen molar-refractivity contribution in [1.82, 2.24) is 19.8 Å². The monoisotopic (exact) mass is 337 g/mol. The molecule has 0 N–H and O–H groups in total. The van der Waals surface area contributed by atoms with Gasteiger partial charge in [0.15, 0.2) is 21.3 Å². The van der Waals surface area contributed by atoms with Crippen LogP contribution in [0.5, 0.6) is 0 Å². The van der Waals surface area contributed by atoms with E-state index in [0.717, 1.165) is 11.6 Å². The molecule has 3 heterocycles. The van der Waals surface area contributed by atoms with Crippen molar-refractivity contribution >= 4 is 21.3 Å². The van der Waals surface area contributed by atoms with Gasteiger partial charge in [0.1, 0.15) is 5.82 Å². The molecule has 0 aliphatic carbocycles. The van der Waals surface area contributed by atoms with Gasteiger partial charge in [0.2, 0.25) is 0 Å². The second-order valence-electron chi connectivity index (χ2n) is 7.40. The average Bonchev–Trinajstić information content (AvgIpc) is 2.79. The van der Waals surface area contributed by atoms with Crippen LogP contribution in [-0.2, 0) is 15.3 Å². The summed E-state index contributed by atoms with van der Waals surface area (Å²) in [5.74, 6) is 2.07. The largest absolute Gasteiger partial charge is 0.354 e. The molecule has 7 nitrogen and oxygen atoms in total. The number of anilines is 1. The van der Waals surface area contributed by atoms with E-state index in [0.29, 0.717) is 18.7 Å². The van der Waals surface area contributed by atoms with E-state index in [-0.39, 0.29) is 22.8 Å². The van der Waals surface area contributed by atoms with Gasteiger partial charge in [-0.25, -0.2) is 8.42 Å². The van der Waals surface area contributed by atoms with Crippen LogP contribution in [0.1, 0.15) is 33.5 Å². The molecule has 2 aromatic heterocycles. The highest BCUT2D eigenvalue weighted by Crippen LogP contribution is 2.23. The molecule has 1 aliphatic heterocycles. The summed E-state index contributed by atoms with van der Waals surface area (Å²) in [5, 5.41) is 13.1. The minimum absolute atomic E-state index is 0.0861. The lowest BCUT2D eigenvalue weighted by molar-refractivity contribution is 0.525. The van der Waals surface area contributed by atoms with E-state index in [1.54, 1.807) is 4.52 Å². The van der Waals surface area contributed by atoms with Crippen molar-refractivity contribution in [1.29, 1.82) is 0 Å². The predicted octanol–water partition coefficient (Wildman–Crippen LogP) is 1.29. The molecule has 1 atom stereocenters. The molecule has 0 aromatic carbocycles. The first-order chi connectivity index (χ1) is 10.7. The van der Waals surface area contributed by atoms with Gasteiger partial charge in [-0.05, 0) is 18.1 Å². The van der Waals surface area contributed by atoms with Crippen molar-refractivity contribution in [2.45, 2.75) is 33.1 Å². The Morgan fingerprint density at radius 3 is 2.65 bits per heavy atom. The molecule has 0 radical (unpaired) electrons. The van der Waals surface area contributed by atoms with E-state index in [2.05, 4.69) is 36.1 Å². The normalized spacial score (nSPS) is 22.3. The summed E-state index contributed by atoms with van der Waals surface area (Å²) in [6.07, 6.45) is 0. The molecule has 2 aromatic rings. The number of hydrogen-bond acceptors (Lipinski definition) is 6. The fraction of sp³-hybridized carbons (Fsp3) is 0.667. The maximum Gasteiger partial charge on any atom is 0.178 e. The lowest BCUT2D eigenvalue weighted by atomic mass is 9.96. The summed E-state index contributed by atoms with van der Waals surface area (Å²) >= 11 is 0. The van der Waals surface area contributed by atoms with Crippen LogP contribution in [0.3, 0.4) is 0 Å². The van der Waals surface area contributed by atoms with E-state index < -0.39 is 9.84 Å². The minimum atomic E-state index is -2.97. The van der Waals surface area contributed by atoms with Crippen molar-refractivity contribution in [2.75, 3.05) is 29.5 Å². The SMILES string of the molecule is CC1CN(c2ccc3nnc(C(C)(C)C)n3n2)CCS(=O)(=O)C1. The van der Waals surface area contributed by atoms with Crippen molar-refractivity contribution in [3.8, 4) is 0 Å². The van der Waals surface area contributed by atoms with E-state index in [1.807, 2.05) is 24.0 Å². The first-order valence-electron chi connectivity index (χ1n) is 7.84. The summed E-state index contributed by atoms with van der Waals surface area (Å²) in [4.78, 5) is 2.04. The lowest BCUT2D eigenvalue weighted by Crippen LogP contribution is -2.30. The third kappa shape index (κ3) is 3.31. The quantitative estimate of drug-likeness (QED) is 0.780. The van der Waals surface area contributed by atoms with Crippen LogP contribution in [0.2, 0.25) is 0 Å². The number of sulfone groups is 1. The van der Waals surface area contributed by atoms with Crippen molar-refractivity contribution in [2.24, 2.45) is 5.92 Å². The summed E-state index contributed by atoms with van der Waals surface area (Å²) in [7, 11) is -2.97. The highest BCUT2D eigenvalue weighted by atomic mass is 32.2. The zero-order valence-electron chi connectivity index (χ0n) is 14.0. The Hall–Kier alpha value is -1.70. The molecule has 0 spiro atoms. The van der Waals surface area contributed by atoms with E-state index in [9.17, 15) is 8.42 Å². The topological polar surface area (TPSA) is 80.5 Å². The first-order valence-corrected chi connectivity index (χ1v) is 9.66. The van der Waals surface area contributed by atoms with Gasteiger partial charge in [-0.15, -0.1) is 15.3 Å². The molecule has 0 saturated carbocycles. The zero-order chi connectivity index (χ0) is 16.8. The molecule has 0 amide bonds. The highest BCUT2D eigenvalue weighted by Gasteiger charge is 2.26. The third-order valence-electron chi connectivity index (χ3n) is 3.99. The molecule has 3 rings (SSSR count). The van der Waals surface area contributed by atoms with Crippen LogP contribution < -0.4 is 4.90 Å². The second kappa shape index (κ2) is 5.43. The number of hydrogen-bond donors (Lipinski definition) is 0. The Kier molecular flexibility index (Phi) is 3.82. The fourth-order valence-electron chi connectivity index (χ4n) is 2.91. The van der Waals surface area contributed by atoms with Crippen molar-refractivity contribution < 1.29 is 8.42 Å². The molecule has 1 fully saturated rings. The Bertz CT molecular complexity index is 822. The van der Waals surface area contributed by atoms with Gasteiger partial charge in [0.25, 0.3) is 0 Å². The van der Waals surface area contributed by atoms with Gasteiger partial charge in [0.05, 0.1) is 11.5 Å². The van der Waals surface area contributed by atoms with Crippen molar-refractivity contribution in [3.63, 3.8) is 0 Å². The average molecular weight is 337 g/mol. The summed E-state index contributed by atoms with van der Waals surface area (Å²) in [6, 6.07) is 3.77. The molecule has 1 aliphatic rings. The van der Waals surface area contributed by atoms with E-state index in [1.165, 1.54) is 0 Å². The number of fused-ring (bicyclic) bond motifs is 1. The van der Waals surface area contributed by atoms with Gasteiger partial charge in [-0.2, -0.15) is 4.52 Å². The molecule has 23 heavy (non-hydrogen) atoms. The molecule has 1 unspecified atom stereocenters. The summed E-state index contributed by atoms with van der Waals surface area (Å²) in [6.45, 7) is 9.33. The van der Waals surface area contributed by atoms with Gasteiger partial charge in [0, 0.05) is 18.5 Å². The van der Waals surface area contributed by atoms with Crippen LogP contribution in [0.4, 0.5) is 5.82 Å². The summed E-state index contributed by atoms with van der Waals surface area (Å²) in [5.41, 5.74) is 0.537. The van der Waals surface area contributed by atoms with Crippen LogP contribution in [0.15, 0.2) is 12.1 Å². The third-order valence-corrected chi connectivity index (χ3v) is 5.87. The molecule has 126 valence electrons. The highest BCUT2D eigenvalue weighted by molar-refractivity contribution is 7.91. The van der Waals surface area contributed by atoms with Crippen LogP contribution in [0.25, 0.3) is 5.65 Å². The van der Waals surface area contributed by atoms with Crippen molar-refractivity contribution in [3.05, 3.63) is 18.0 Å². The minimum Gasteiger partial charge on any atom is -0.354 e. The number of rotatable bonds is 1. The smallest absolute Gasteiger partial charge is 0.178 e. The number of nitrogens with zero attached hydrogens (tertiary/aromatic N) is 5. The predicted molar refractivity (Wildman–Crippen MR) is 89.5 cm³/mol. The molecular formula is C15H23N5O2S. The van der Waals surface area contributed by atoms with Crippen LogP contribution >= 0.6 is 0 Å². The molecular weight excluding hydrogens is 314 g/mol. The lowest BCUT2D eigenvalue weighted by Gasteiger charge is -2.23. The number of aromatic nitrogens is 4.